The van der Waals surface area contributed by atoms with Gasteiger partial charge < -0.3 is 17.0 Å². The van der Waals surface area contributed by atoms with E-state index in [-0.39, 0.29) is 27.6 Å². The van der Waals surface area contributed by atoms with E-state index in [2.05, 4.69) is 13.8 Å². The van der Waals surface area contributed by atoms with E-state index < -0.39 is 19.6 Å². The van der Waals surface area contributed by atoms with Crippen LogP contribution >= 0.6 is 0 Å². The molecule has 1 aromatic rings. The summed E-state index contributed by atoms with van der Waals surface area (Å²) in [6, 6.07) is 7.19. The first-order chi connectivity index (χ1) is 9.17. The number of unbranched alkanes of at least 4 members (excludes halogenated alkanes) is 2. The van der Waals surface area contributed by atoms with Crippen molar-refractivity contribution in [2.75, 3.05) is 0 Å². The standard InChI is InChI=1S/C15H24NO2Te.BrH/c1-3-5-11-19(12-6-4-2)13-14-7-9-15(10-8-14)16(17)18;/h7-10H,3-6,11-13H2,1-2H3;1H/q+1;/p-1. The van der Waals surface area contributed by atoms with E-state index in [1.54, 1.807) is 12.1 Å². The quantitative estimate of drug-likeness (QED) is 0.322. The molecule has 0 radical (unpaired) electrons. The fraction of sp³-hybridized carbons (Fsp3) is 0.600. The Hall–Kier alpha value is -0.110. The van der Waals surface area contributed by atoms with Gasteiger partial charge >= 0.3 is 123 Å². The molecule has 0 fully saturated rings. The summed E-state index contributed by atoms with van der Waals surface area (Å²) in [7, 11) is 0. The van der Waals surface area contributed by atoms with Crippen LogP contribution in [-0.2, 0) is 4.47 Å². The average Bonchev–Trinajstić information content (AvgIpc) is 2.42. The number of hydrogen-bond acceptors (Lipinski definition) is 2. The van der Waals surface area contributed by atoms with Gasteiger partial charge in [-0.25, -0.2) is 0 Å². The maximum Gasteiger partial charge on any atom is -1.00 e. The third-order valence-corrected chi connectivity index (χ3v) is 10.2. The fourth-order valence-corrected chi connectivity index (χ4v) is 9.17. The van der Waals surface area contributed by atoms with Gasteiger partial charge in [0.15, 0.2) is 0 Å². The minimum absolute atomic E-state index is 0. The average molecular weight is 458 g/mol. The Balaban J connectivity index is 0.00000361. The van der Waals surface area contributed by atoms with Crippen LogP contribution in [-0.4, -0.2) is 24.5 Å². The number of rotatable bonds is 9. The number of benzene rings is 1. The number of nitro groups is 1. The van der Waals surface area contributed by atoms with Gasteiger partial charge in [0.1, 0.15) is 0 Å². The van der Waals surface area contributed by atoms with E-state index in [1.165, 1.54) is 44.7 Å². The third-order valence-electron chi connectivity index (χ3n) is 3.09. The first-order valence-corrected chi connectivity index (χ1v) is 12.0. The van der Waals surface area contributed by atoms with Gasteiger partial charge in [-0.2, -0.15) is 0 Å². The van der Waals surface area contributed by atoms with Gasteiger partial charge in [0.2, 0.25) is 0 Å². The van der Waals surface area contributed by atoms with Crippen LogP contribution in [0.15, 0.2) is 24.3 Å². The van der Waals surface area contributed by atoms with Gasteiger partial charge in [-0.1, -0.05) is 0 Å². The summed E-state index contributed by atoms with van der Waals surface area (Å²) in [5.74, 6) is 0. The predicted molar refractivity (Wildman–Crippen MR) is 82.0 cm³/mol. The number of halogens is 1. The molecule has 20 heavy (non-hydrogen) atoms. The molecular weight excluding hydrogens is 434 g/mol. The van der Waals surface area contributed by atoms with E-state index in [1.807, 2.05) is 12.1 Å². The Kier molecular flexibility index (Phi) is 11.5. The van der Waals surface area contributed by atoms with Gasteiger partial charge in [0.25, 0.3) is 0 Å². The summed E-state index contributed by atoms with van der Waals surface area (Å²) < 4.78 is 4.11. The van der Waals surface area contributed by atoms with Crippen molar-refractivity contribution in [1.82, 2.24) is 0 Å². The Morgan fingerprint density at radius 1 is 1.05 bits per heavy atom. The number of hydrogen-bond donors (Lipinski definition) is 0. The smallest absolute Gasteiger partial charge is 1.00 e. The summed E-state index contributed by atoms with van der Waals surface area (Å²) in [6.45, 7) is 4.50. The molecule has 0 atom stereocenters. The van der Waals surface area contributed by atoms with Crippen molar-refractivity contribution in [2.24, 2.45) is 0 Å². The molecule has 0 unspecified atom stereocenters. The molecular formula is C15H24BrNO2Te. The third kappa shape index (κ3) is 7.61. The van der Waals surface area contributed by atoms with Crippen LogP contribution in [0.4, 0.5) is 5.69 Å². The molecule has 0 aromatic heterocycles. The van der Waals surface area contributed by atoms with Crippen LogP contribution in [0.3, 0.4) is 0 Å². The van der Waals surface area contributed by atoms with E-state index in [0.29, 0.717) is 0 Å². The molecule has 114 valence electrons. The van der Waals surface area contributed by atoms with Crippen LogP contribution in [0.2, 0.25) is 8.94 Å². The maximum absolute atomic E-state index is 10.6. The second-order valence-electron chi connectivity index (χ2n) is 4.80. The molecule has 0 aliphatic carbocycles. The molecule has 0 spiro atoms. The fourth-order valence-electron chi connectivity index (χ4n) is 1.89. The van der Waals surface area contributed by atoms with Crippen LogP contribution in [0, 0.1) is 10.1 Å². The largest absolute Gasteiger partial charge is 1.00 e. The Morgan fingerprint density at radius 3 is 1.95 bits per heavy atom. The maximum atomic E-state index is 10.6. The zero-order valence-corrected chi connectivity index (χ0v) is 16.2. The minimum Gasteiger partial charge on any atom is -1.00 e. The van der Waals surface area contributed by atoms with Crippen molar-refractivity contribution >= 4 is 25.2 Å². The zero-order chi connectivity index (χ0) is 14.1. The molecule has 0 aliphatic heterocycles. The van der Waals surface area contributed by atoms with Crippen molar-refractivity contribution in [2.45, 2.75) is 52.9 Å². The molecule has 1 aromatic carbocycles. The predicted octanol–water partition coefficient (Wildman–Crippen LogP) is 1.78. The van der Waals surface area contributed by atoms with Gasteiger partial charge in [0.05, 0.1) is 0 Å². The summed E-state index contributed by atoms with van der Waals surface area (Å²) in [4.78, 5) is 10.3. The SMILES string of the molecule is CCCC[Te+](CCCC)Cc1ccc([N+](=O)[O-])cc1.[Br-]. The van der Waals surface area contributed by atoms with Gasteiger partial charge in [-0.3, -0.25) is 0 Å². The van der Waals surface area contributed by atoms with Crippen LogP contribution < -0.4 is 17.0 Å². The summed E-state index contributed by atoms with van der Waals surface area (Å²) in [5, 5.41) is 10.6. The molecule has 3 nitrogen and oxygen atoms in total. The molecule has 0 saturated heterocycles. The summed E-state index contributed by atoms with van der Waals surface area (Å²) in [6.07, 6.45) is 5.27. The van der Waals surface area contributed by atoms with Crippen molar-refractivity contribution in [3.05, 3.63) is 39.9 Å². The van der Waals surface area contributed by atoms with Crippen molar-refractivity contribution in [3.8, 4) is 0 Å². The van der Waals surface area contributed by atoms with E-state index in [9.17, 15) is 10.1 Å². The first kappa shape index (κ1) is 19.9. The zero-order valence-electron chi connectivity index (χ0n) is 12.3. The number of nitrogens with zero attached hydrogens (tertiary/aromatic N) is 1. The van der Waals surface area contributed by atoms with Gasteiger partial charge in [-0.15, -0.1) is 0 Å². The Bertz CT molecular complexity index is 376. The van der Waals surface area contributed by atoms with Crippen LogP contribution in [0.25, 0.3) is 0 Å². The molecule has 0 heterocycles. The van der Waals surface area contributed by atoms with Crippen molar-refractivity contribution < 1.29 is 21.9 Å². The summed E-state index contributed by atoms with van der Waals surface area (Å²) >= 11 is -1.03. The van der Waals surface area contributed by atoms with Crippen molar-refractivity contribution in [3.63, 3.8) is 0 Å². The van der Waals surface area contributed by atoms with Crippen LogP contribution in [0.5, 0.6) is 0 Å². The Morgan fingerprint density at radius 2 is 1.55 bits per heavy atom. The molecule has 0 aliphatic rings. The second-order valence-corrected chi connectivity index (χ2v) is 11.4. The van der Waals surface area contributed by atoms with Gasteiger partial charge in [0, 0.05) is 0 Å². The normalized spacial score (nSPS) is 10.3. The topological polar surface area (TPSA) is 43.1 Å². The summed E-state index contributed by atoms with van der Waals surface area (Å²) in [5.41, 5.74) is 1.50. The van der Waals surface area contributed by atoms with E-state index in [4.69, 9.17) is 0 Å². The molecule has 0 saturated carbocycles. The molecule has 5 heteroatoms. The van der Waals surface area contributed by atoms with Gasteiger partial charge in [-0.05, 0) is 0 Å². The monoisotopic (exact) mass is 459 g/mol. The van der Waals surface area contributed by atoms with E-state index >= 15 is 0 Å². The Labute approximate surface area is 139 Å². The molecule has 0 bridgehead atoms. The molecule has 0 amide bonds. The number of non-ortho nitro benzene ring substituents is 1. The first-order valence-electron chi connectivity index (χ1n) is 7.04. The van der Waals surface area contributed by atoms with Crippen molar-refractivity contribution in [1.29, 1.82) is 0 Å². The molecule has 0 N–H and O–H groups in total. The second kappa shape index (κ2) is 11.5. The molecule has 1 rings (SSSR count). The minimum atomic E-state index is -1.03. The van der Waals surface area contributed by atoms with Crippen LogP contribution in [0.1, 0.15) is 45.1 Å². The number of nitro benzene ring substituents is 1. The van der Waals surface area contributed by atoms with E-state index in [0.717, 1.165) is 0 Å².